The Hall–Kier alpha value is -1.99. The van der Waals surface area contributed by atoms with Gasteiger partial charge in [0, 0.05) is 12.1 Å². The first kappa shape index (κ1) is 18.4. The fourth-order valence-electron chi connectivity index (χ4n) is 1.80. The molecular formula is C16H16BrClN2O4. The van der Waals surface area contributed by atoms with Crippen molar-refractivity contribution in [2.45, 2.75) is 0 Å². The molecule has 1 aromatic heterocycles. The first-order valence-electron chi connectivity index (χ1n) is 7.11. The maximum Gasteiger partial charge on any atom is 0.287 e. The highest BCUT2D eigenvalue weighted by molar-refractivity contribution is 9.10. The van der Waals surface area contributed by atoms with Gasteiger partial charge in [-0.3, -0.25) is 9.59 Å². The Balaban J connectivity index is 1.71. The highest BCUT2D eigenvalue weighted by Gasteiger charge is 2.14. The maximum atomic E-state index is 12.0. The molecule has 0 atom stereocenters. The molecule has 0 radical (unpaired) electrons. The van der Waals surface area contributed by atoms with Gasteiger partial charge in [0.2, 0.25) is 5.91 Å². The third-order valence-corrected chi connectivity index (χ3v) is 3.78. The monoisotopic (exact) mass is 414 g/mol. The summed E-state index contributed by atoms with van der Waals surface area (Å²) < 4.78 is 11.1. The molecule has 0 saturated heterocycles. The molecule has 1 aromatic carbocycles. The van der Waals surface area contributed by atoms with E-state index in [0.717, 1.165) is 0 Å². The second-order valence-electron chi connectivity index (χ2n) is 4.91. The molecule has 6 nitrogen and oxygen atoms in total. The van der Waals surface area contributed by atoms with E-state index >= 15 is 0 Å². The van der Waals surface area contributed by atoms with Crippen molar-refractivity contribution in [1.29, 1.82) is 0 Å². The lowest BCUT2D eigenvalue weighted by molar-refractivity contribution is -0.129. The van der Waals surface area contributed by atoms with Crippen LogP contribution in [0.5, 0.6) is 5.75 Å². The average Bonchev–Trinajstić information content (AvgIpc) is 2.99. The molecule has 0 fully saturated rings. The zero-order chi connectivity index (χ0) is 17.5. The number of hydrogen-bond donors (Lipinski definition) is 1. The van der Waals surface area contributed by atoms with Crippen LogP contribution in [0.25, 0.3) is 0 Å². The molecule has 2 amide bonds. The van der Waals surface area contributed by atoms with Crippen molar-refractivity contribution < 1.29 is 18.7 Å². The number of rotatable bonds is 7. The van der Waals surface area contributed by atoms with Gasteiger partial charge >= 0.3 is 0 Å². The van der Waals surface area contributed by atoms with E-state index in [1.165, 1.54) is 11.0 Å². The summed E-state index contributed by atoms with van der Waals surface area (Å²) in [5.74, 6) is 0.1000. The Morgan fingerprint density at radius 2 is 2.12 bits per heavy atom. The molecule has 0 aliphatic rings. The second-order valence-corrected chi connectivity index (χ2v) is 6.13. The zero-order valence-corrected chi connectivity index (χ0v) is 15.3. The Labute approximate surface area is 152 Å². The molecule has 0 aliphatic heterocycles. The molecule has 0 spiro atoms. The zero-order valence-electron chi connectivity index (χ0n) is 12.9. The number of benzene rings is 1. The molecular weight excluding hydrogens is 400 g/mol. The molecule has 0 bridgehead atoms. The summed E-state index contributed by atoms with van der Waals surface area (Å²) in [6, 6.07) is 10.2. The van der Waals surface area contributed by atoms with Gasteiger partial charge < -0.3 is 19.4 Å². The molecule has 0 saturated carbocycles. The summed E-state index contributed by atoms with van der Waals surface area (Å²) in [7, 11) is 1.64. The predicted molar refractivity (Wildman–Crippen MR) is 93.3 cm³/mol. The number of hydrogen-bond acceptors (Lipinski definition) is 4. The third kappa shape index (κ3) is 5.58. The van der Waals surface area contributed by atoms with Gasteiger partial charge in [-0.15, -0.1) is 0 Å². The van der Waals surface area contributed by atoms with Crippen molar-refractivity contribution in [1.82, 2.24) is 10.2 Å². The van der Waals surface area contributed by atoms with Gasteiger partial charge in [0.15, 0.2) is 10.4 Å². The number of likely N-dealkylation sites (N-methyl/N-ethyl adjacent to an activating group) is 1. The van der Waals surface area contributed by atoms with Crippen molar-refractivity contribution in [2.24, 2.45) is 0 Å². The molecule has 2 aromatic rings. The van der Waals surface area contributed by atoms with Crippen molar-refractivity contribution in [3.63, 3.8) is 0 Å². The van der Waals surface area contributed by atoms with E-state index in [4.69, 9.17) is 20.8 Å². The number of carbonyl (C=O) groups is 2. The smallest absolute Gasteiger partial charge is 0.287 e. The van der Waals surface area contributed by atoms with Crippen LogP contribution in [-0.4, -0.2) is 43.5 Å². The summed E-state index contributed by atoms with van der Waals surface area (Å²) >= 11 is 8.98. The molecule has 24 heavy (non-hydrogen) atoms. The maximum absolute atomic E-state index is 12.0. The lowest BCUT2D eigenvalue weighted by Gasteiger charge is -2.17. The molecule has 2 rings (SSSR count). The normalized spacial score (nSPS) is 10.3. The van der Waals surface area contributed by atoms with Crippen molar-refractivity contribution in [2.75, 3.05) is 26.7 Å². The van der Waals surface area contributed by atoms with Crippen LogP contribution in [0.3, 0.4) is 0 Å². The lowest BCUT2D eigenvalue weighted by Crippen LogP contribution is -2.39. The number of nitrogens with one attached hydrogen (secondary N) is 1. The number of carbonyl (C=O) groups excluding carboxylic acids is 2. The van der Waals surface area contributed by atoms with E-state index in [0.29, 0.717) is 28.6 Å². The van der Waals surface area contributed by atoms with Crippen LogP contribution in [0, 0.1) is 0 Å². The van der Waals surface area contributed by atoms with E-state index in [-0.39, 0.29) is 18.2 Å². The van der Waals surface area contributed by atoms with E-state index in [1.807, 2.05) is 0 Å². The number of nitrogens with zero attached hydrogens (tertiary/aromatic N) is 1. The van der Waals surface area contributed by atoms with Crippen molar-refractivity contribution in [3.05, 3.63) is 51.9 Å². The topological polar surface area (TPSA) is 71.8 Å². The van der Waals surface area contributed by atoms with Gasteiger partial charge in [0.05, 0.1) is 13.1 Å². The minimum Gasteiger partial charge on any atom is -0.492 e. The van der Waals surface area contributed by atoms with Crippen LogP contribution in [0.15, 0.2) is 45.5 Å². The number of amides is 2. The van der Waals surface area contributed by atoms with Crippen LogP contribution in [0.2, 0.25) is 5.02 Å². The minimum atomic E-state index is -0.447. The van der Waals surface area contributed by atoms with Gasteiger partial charge in [-0.05, 0) is 46.3 Å². The van der Waals surface area contributed by atoms with E-state index in [2.05, 4.69) is 21.2 Å². The third-order valence-electron chi connectivity index (χ3n) is 3.11. The Kier molecular flexibility index (Phi) is 6.69. The van der Waals surface area contributed by atoms with E-state index in [9.17, 15) is 9.59 Å². The molecule has 1 N–H and O–H groups in total. The van der Waals surface area contributed by atoms with E-state index in [1.54, 1.807) is 37.4 Å². The lowest BCUT2D eigenvalue weighted by atomic mass is 10.3. The van der Waals surface area contributed by atoms with E-state index < -0.39 is 5.91 Å². The van der Waals surface area contributed by atoms with Gasteiger partial charge in [-0.2, -0.15) is 0 Å². The minimum absolute atomic E-state index is 0.120. The second kappa shape index (κ2) is 8.75. The molecule has 8 heteroatoms. The van der Waals surface area contributed by atoms with Crippen LogP contribution < -0.4 is 10.1 Å². The number of ether oxygens (including phenoxy) is 1. The Morgan fingerprint density at radius 1 is 1.33 bits per heavy atom. The summed E-state index contributed by atoms with van der Waals surface area (Å²) in [5, 5.41) is 3.09. The summed E-state index contributed by atoms with van der Waals surface area (Å²) in [4.78, 5) is 25.2. The molecule has 0 aliphatic carbocycles. The fraction of sp³-hybridized carbons (Fsp3) is 0.250. The fourth-order valence-corrected chi connectivity index (χ4v) is 2.28. The molecule has 1 heterocycles. The largest absolute Gasteiger partial charge is 0.492 e. The molecule has 128 valence electrons. The van der Waals surface area contributed by atoms with Crippen LogP contribution in [0.1, 0.15) is 10.6 Å². The standard InChI is InChI=1S/C16H16BrClN2O4/c1-20(7-8-23-12-4-2-3-11(18)9-12)15(21)10-19-16(22)13-5-6-14(17)24-13/h2-6,9H,7-8,10H2,1H3,(H,19,22). The highest BCUT2D eigenvalue weighted by atomic mass is 79.9. The van der Waals surface area contributed by atoms with Crippen molar-refractivity contribution in [3.8, 4) is 5.75 Å². The van der Waals surface area contributed by atoms with Gasteiger partial charge in [0.1, 0.15) is 12.4 Å². The summed E-state index contributed by atoms with van der Waals surface area (Å²) in [5.41, 5.74) is 0. The number of furan rings is 1. The SMILES string of the molecule is CN(CCOc1cccc(Cl)c1)C(=O)CNC(=O)c1ccc(Br)o1. The Morgan fingerprint density at radius 3 is 2.79 bits per heavy atom. The number of halogens is 2. The van der Waals surface area contributed by atoms with Crippen LogP contribution in [0.4, 0.5) is 0 Å². The van der Waals surface area contributed by atoms with Gasteiger partial charge in [0.25, 0.3) is 5.91 Å². The van der Waals surface area contributed by atoms with Crippen molar-refractivity contribution >= 4 is 39.3 Å². The van der Waals surface area contributed by atoms with Gasteiger partial charge in [-0.25, -0.2) is 0 Å². The van der Waals surface area contributed by atoms with Crippen LogP contribution in [-0.2, 0) is 4.79 Å². The van der Waals surface area contributed by atoms with Gasteiger partial charge in [-0.1, -0.05) is 17.7 Å². The predicted octanol–water partition coefficient (Wildman–Crippen LogP) is 2.96. The first-order chi connectivity index (χ1) is 11.5. The molecule has 0 unspecified atom stereocenters. The summed E-state index contributed by atoms with van der Waals surface area (Å²) in [6.45, 7) is 0.583. The van der Waals surface area contributed by atoms with Crippen LogP contribution >= 0.6 is 27.5 Å². The summed E-state index contributed by atoms with van der Waals surface area (Å²) in [6.07, 6.45) is 0. The highest BCUT2D eigenvalue weighted by Crippen LogP contribution is 2.17. The average molecular weight is 416 g/mol. The Bertz CT molecular complexity index is 720. The quantitative estimate of drug-likeness (QED) is 0.755. The first-order valence-corrected chi connectivity index (χ1v) is 8.28.